The van der Waals surface area contributed by atoms with Crippen molar-refractivity contribution < 1.29 is 4.79 Å². The van der Waals surface area contributed by atoms with Gasteiger partial charge in [-0.3, -0.25) is 4.79 Å². The average molecular weight is 266 g/mol. The lowest BCUT2D eigenvalue weighted by molar-refractivity contribution is 0.0862. The number of rotatable bonds is 3. The van der Waals surface area contributed by atoms with E-state index >= 15 is 0 Å². The topological polar surface area (TPSA) is 43.1 Å². The molecule has 0 amide bonds. The quantitative estimate of drug-likeness (QED) is 0.653. The van der Waals surface area contributed by atoms with Crippen LogP contribution in [0.1, 0.15) is 49.4 Å². The molecule has 0 aromatic heterocycles. The number of nitrogen functional groups attached to an aromatic ring is 1. The van der Waals surface area contributed by atoms with Gasteiger partial charge in [0.2, 0.25) is 0 Å². The van der Waals surface area contributed by atoms with Gasteiger partial charge in [0.1, 0.15) is 0 Å². The standard InChI is InChI=1S/C15H20ClNO/c1-2-10-4-3-5-11(8-10)15(18)12-6-7-14(17)13(16)9-12/h6-7,9-11H,2-5,8,17H2,1H3. The van der Waals surface area contributed by atoms with Crippen LogP contribution in [0, 0.1) is 11.8 Å². The maximum atomic E-state index is 12.4. The van der Waals surface area contributed by atoms with Gasteiger partial charge in [-0.05, 0) is 37.0 Å². The Balaban J connectivity index is 2.12. The lowest BCUT2D eigenvalue weighted by Gasteiger charge is -2.27. The summed E-state index contributed by atoms with van der Waals surface area (Å²) >= 11 is 5.98. The fraction of sp³-hybridized carbons (Fsp3) is 0.533. The first kappa shape index (κ1) is 13.4. The summed E-state index contributed by atoms with van der Waals surface area (Å²) in [7, 11) is 0. The molecule has 3 heteroatoms. The molecule has 0 bridgehead atoms. The Labute approximate surface area is 114 Å². The van der Waals surface area contributed by atoms with Gasteiger partial charge in [-0.2, -0.15) is 0 Å². The van der Waals surface area contributed by atoms with Crippen molar-refractivity contribution in [3.8, 4) is 0 Å². The molecule has 2 N–H and O–H groups in total. The molecule has 2 unspecified atom stereocenters. The SMILES string of the molecule is CCC1CCCC(C(=O)c2ccc(N)c(Cl)c2)C1. The number of hydrogen-bond acceptors (Lipinski definition) is 2. The second-order valence-corrected chi connectivity index (χ2v) is 5.65. The first-order chi connectivity index (χ1) is 8.61. The Morgan fingerprint density at radius 1 is 1.44 bits per heavy atom. The normalized spacial score (nSPS) is 23.9. The molecule has 0 aliphatic heterocycles. The molecule has 2 rings (SSSR count). The zero-order valence-corrected chi connectivity index (χ0v) is 11.5. The third-order valence-corrected chi connectivity index (χ3v) is 4.34. The number of hydrogen-bond donors (Lipinski definition) is 1. The van der Waals surface area contributed by atoms with Crippen molar-refractivity contribution in [1.29, 1.82) is 0 Å². The van der Waals surface area contributed by atoms with E-state index in [4.69, 9.17) is 17.3 Å². The van der Waals surface area contributed by atoms with Crippen molar-refractivity contribution in [3.63, 3.8) is 0 Å². The summed E-state index contributed by atoms with van der Waals surface area (Å²) in [5.41, 5.74) is 6.90. The summed E-state index contributed by atoms with van der Waals surface area (Å²) in [4.78, 5) is 12.4. The molecular weight excluding hydrogens is 246 g/mol. The molecule has 1 aromatic carbocycles. The lowest BCUT2D eigenvalue weighted by Crippen LogP contribution is -2.22. The number of nitrogens with two attached hydrogens (primary N) is 1. The summed E-state index contributed by atoms with van der Waals surface area (Å²) in [6.07, 6.45) is 5.64. The molecule has 1 saturated carbocycles. The number of halogens is 1. The molecule has 0 radical (unpaired) electrons. The summed E-state index contributed by atoms with van der Waals surface area (Å²) in [5.74, 6) is 1.11. The number of ketones is 1. The molecular formula is C15H20ClNO. The summed E-state index contributed by atoms with van der Waals surface area (Å²) < 4.78 is 0. The molecule has 0 heterocycles. The minimum absolute atomic E-state index is 0.170. The highest BCUT2D eigenvalue weighted by Gasteiger charge is 2.27. The van der Waals surface area contributed by atoms with E-state index < -0.39 is 0 Å². The summed E-state index contributed by atoms with van der Waals surface area (Å²) in [6.45, 7) is 2.21. The largest absolute Gasteiger partial charge is 0.398 e. The molecule has 1 aliphatic rings. The van der Waals surface area contributed by atoms with E-state index in [9.17, 15) is 4.79 Å². The molecule has 1 aliphatic carbocycles. The van der Waals surface area contributed by atoms with Crippen LogP contribution in [-0.2, 0) is 0 Å². The van der Waals surface area contributed by atoms with Crippen LogP contribution < -0.4 is 5.73 Å². The van der Waals surface area contributed by atoms with Gasteiger partial charge in [-0.1, -0.05) is 37.8 Å². The van der Waals surface area contributed by atoms with Gasteiger partial charge >= 0.3 is 0 Å². The Hall–Kier alpha value is -1.02. The van der Waals surface area contributed by atoms with Crippen LogP contribution in [0.15, 0.2) is 18.2 Å². The van der Waals surface area contributed by atoms with Crippen LogP contribution in [0.4, 0.5) is 5.69 Å². The van der Waals surface area contributed by atoms with Gasteiger partial charge in [0.15, 0.2) is 5.78 Å². The van der Waals surface area contributed by atoms with Gasteiger partial charge in [-0.25, -0.2) is 0 Å². The number of benzene rings is 1. The minimum atomic E-state index is 0.170. The van der Waals surface area contributed by atoms with Crippen molar-refractivity contribution in [3.05, 3.63) is 28.8 Å². The van der Waals surface area contributed by atoms with E-state index in [2.05, 4.69) is 6.92 Å². The monoisotopic (exact) mass is 265 g/mol. The first-order valence-electron chi connectivity index (χ1n) is 6.71. The van der Waals surface area contributed by atoms with Crippen molar-refractivity contribution in [2.45, 2.75) is 39.0 Å². The van der Waals surface area contributed by atoms with Gasteiger partial charge in [0, 0.05) is 11.5 Å². The van der Waals surface area contributed by atoms with Gasteiger partial charge in [-0.15, -0.1) is 0 Å². The van der Waals surface area contributed by atoms with Crippen molar-refractivity contribution in [1.82, 2.24) is 0 Å². The van der Waals surface area contributed by atoms with Gasteiger partial charge in [0.05, 0.1) is 10.7 Å². The average Bonchev–Trinajstić information content (AvgIpc) is 2.41. The molecule has 2 nitrogen and oxygen atoms in total. The summed E-state index contributed by atoms with van der Waals surface area (Å²) in [6, 6.07) is 5.21. The smallest absolute Gasteiger partial charge is 0.166 e. The van der Waals surface area contributed by atoms with Crippen LogP contribution in [0.3, 0.4) is 0 Å². The second kappa shape index (κ2) is 5.75. The molecule has 18 heavy (non-hydrogen) atoms. The predicted molar refractivity (Wildman–Crippen MR) is 75.9 cm³/mol. The third kappa shape index (κ3) is 2.86. The Morgan fingerprint density at radius 3 is 2.89 bits per heavy atom. The van der Waals surface area contributed by atoms with Crippen molar-refractivity contribution >= 4 is 23.1 Å². The highest BCUT2D eigenvalue weighted by molar-refractivity contribution is 6.33. The Morgan fingerprint density at radius 2 is 2.22 bits per heavy atom. The Bertz CT molecular complexity index is 444. The highest BCUT2D eigenvalue weighted by Crippen LogP contribution is 2.33. The van der Waals surface area contributed by atoms with E-state index in [0.29, 0.717) is 22.2 Å². The van der Waals surface area contributed by atoms with Crippen LogP contribution in [0.5, 0.6) is 0 Å². The first-order valence-corrected chi connectivity index (χ1v) is 7.08. The summed E-state index contributed by atoms with van der Waals surface area (Å²) in [5, 5.41) is 0.476. The molecule has 1 fully saturated rings. The maximum Gasteiger partial charge on any atom is 0.166 e. The van der Waals surface area contributed by atoms with E-state index in [-0.39, 0.29) is 11.7 Å². The minimum Gasteiger partial charge on any atom is -0.398 e. The predicted octanol–water partition coefficient (Wildman–Crippen LogP) is 4.32. The van der Waals surface area contributed by atoms with Crippen molar-refractivity contribution in [2.75, 3.05) is 5.73 Å². The number of Topliss-reactive ketones (excluding diaryl/α,β-unsaturated/α-hetero) is 1. The zero-order chi connectivity index (χ0) is 13.1. The molecule has 2 atom stereocenters. The number of carbonyl (C=O) groups is 1. The van der Waals surface area contributed by atoms with Crippen LogP contribution in [0.25, 0.3) is 0 Å². The third-order valence-electron chi connectivity index (χ3n) is 4.02. The lowest BCUT2D eigenvalue weighted by atomic mass is 9.77. The fourth-order valence-electron chi connectivity index (χ4n) is 2.82. The second-order valence-electron chi connectivity index (χ2n) is 5.24. The maximum absolute atomic E-state index is 12.4. The van der Waals surface area contributed by atoms with E-state index in [1.807, 2.05) is 0 Å². The highest BCUT2D eigenvalue weighted by atomic mass is 35.5. The zero-order valence-electron chi connectivity index (χ0n) is 10.8. The molecule has 98 valence electrons. The molecule has 0 saturated heterocycles. The Kier molecular flexibility index (Phi) is 4.28. The van der Waals surface area contributed by atoms with E-state index in [0.717, 1.165) is 19.3 Å². The van der Waals surface area contributed by atoms with Crippen LogP contribution >= 0.6 is 11.6 Å². The number of anilines is 1. The molecule has 1 aromatic rings. The number of carbonyl (C=O) groups excluding carboxylic acids is 1. The van der Waals surface area contributed by atoms with E-state index in [1.54, 1.807) is 18.2 Å². The van der Waals surface area contributed by atoms with Gasteiger partial charge in [0.25, 0.3) is 0 Å². The van der Waals surface area contributed by atoms with Gasteiger partial charge < -0.3 is 5.73 Å². The van der Waals surface area contributed by atoms with E-state index in [1.165, 1.54) is 12.8 Å². The van der Waals surface area contributed by atoms with Crippen LogP contribution in [-0.4, -0.2) is 5.78 Å². The molecule has 0 spiro atoms. The fourth-order valence-corrected chi connectivity index (χ4v) is 3.00. The van der Waals surface area contributed by atoms with Crippen molar-refractivity contribution in [2.24, 2.45) is 11.8 Å². The van der Waals surface area contributed by atoms with Crippen LogP contribution in [0.2, 0.25) is 5.02 Å².